The van der Waals surface area contributed by atoms with Gasteiger partial charge in [-0.3, -0.25) is 9.69 Å². The molecule has 170 valence electrons. The summed E-state index contributed by atoms with van der Waals surface area (Å²) >= 11 is 9.28. The fraction of sp³-hybridized carbons (Fsp3) is 0.391. The van der Waals surface area contributed by atoms with Crippen molar-refractivity contribution in [2.45, 2.75) is 11.3 Å². The molecule has 0 spiro atoms. The van der Waals surface area contributed by atoms with Crippen LogP contribution in [0, 0.1) is 0 Å². The van der Waals surface area contributed by atoms with E-state index in [2.05, 4.69) is 15.1 Å². The number of halogens is 1. The number of ether oxygens (including phenoxy) is 1. The van der Waals surface area contributed by atoms with Crippen molar-refractivity contribution in [3.05, 3.63) is 47.5 Å². The molecule has 2 heterocycles. The minimum absolute atomic E-state index is 0.106. The molecule has 1 saturated heterocycles. The molecule has 1 fully saturated rings. The van der Waals surface area contributed by atoms with E-state index >= 15 is 0 Å². The van der Waals surface area contributed by atoms with Gasteiger partial charge >= 0.3 is 0 Å². The van der Waals surface area contributed by atoms with Crippen LogP contribution in [0.1, 0.15) is 6.42 Å². The highest BCUT2D eigenvalue weighted by Gasteiger charge is 2.20. The van der Waals surface area contributed by atoms with Crippen molar-refractivity contribution in [2.75, 3.05) is 57.0 Å². The van der Waals surface area contributed by atoms with Gasteiger partial charge in [-0.05, 0) is 42.5 Å². The van der Waals surface area contributed by atoms with Crippen LogP contribution in [-0.2, 0) is 4.79 Å². The predicted octanol–water partition coefficient (Wildman–Crippen LogP) is 4.38. The van der Waals surface area contributed by atoms with Crippen molar-refractivity contribution in [1.82, 2.24) is 15.2 Å². The van der Waals surface area contributed by atoms with Crippen LogP contribution in [0.25, 0.3) is 10.2 Å². The first-order valence-electron chi connectivity index (χ1n) is 10.7. The standard InChI is InChI=1S/C23H27ClN4O2S2/c1-30-18-4-7-20-21(16-18)32-23(26-20)28-13-11-27(12-14-28)10-9-25-22(29)8-15-31-19-5-2-17(24)3-6-19/h2-7,16H,8-15H2,1H3,(H,25,29). The maximum Gasteiger partial charge on any atom is 0.220 e. The van der Waals surface area contributed by atoms with Crippen LogP contribution in [0.3, 0.4) is 0 Å². The van der Waals surface area contributed by atoms with E-state index < -0.39 is 0 Å². The number of anilines is 1. The van der Waals surface area contributed by atoms with Gasteiger partial charge in [-0.1, -0.05) is 22.9 Å². The molecule has 0 bridgehead atoms. The number of amides is 1. The number of benzene rings is 2. The predicted molar refractivity (Wildman–Crippen MR) is 135 cm³/mol. The Bertz CT molecular complexity index is 1040. The molecule has 1 amide bonds. The molecular formula is C23H27ClN4O2S2. The molecule has 1 aliphatic heterocycles. The number of piperazine rings is 1. The van der Waals surface area contributed by atoms with Crippen LogP contribution in [0.15, 0.2) is 47.4 Å². The Kier molecular flexibility index (Phi) is 8.13. The molecule has 32 heavy (non-hydrogen) atoms. The number of methoxy groups -OCH3 is 1. The topological polar surface area (TPSA) is 57.7 Å². The molecule has 0 unspecified atom stereocenters. The van der Waals surface area contributed by atoms with Gasteiger partial charge in [0.05, 0.1) is 17.3 Å². The second-order valence-electron chi connectivity index (χ2n) is 7.56. The van der Waals surface area contributed by atoms with E-state index in [1.165, 1.54) is 0 Å². The smallest absolute Gasteiger partial charge is 0.220 e. The summed E-state index contributed by atoms with van der Waals surface area (Å²) in [5, 5.41) is 4.85. The number of carbonyl (C=O) groups is 1. The zero-order valence-electron chi connectivity index (χ0n) is 18.1. The lowest BCUT2D eigenvalue weighted by molar-refractivity contribution is -0.120. The van der Waals surface area contributed by atoms with E-state index in [1.807, 2.05) is 42.5 Å². The number of thiazole rings is 1. The van der Waals surface area contributed by atoms with Gasteiger partial charge in [-0.25, -0.2) is 4.98 Å². The molecule has 2 aromatic carbocycles. The molecule has 3 aromatic rings. The van der Waals surface area contributed by atoms with Crippen LogP contribution >= 0.6 is 34.7 Å². The molecule has 0 aliphatic carbocycles. The normalized spacial score (nSPS) is 14.6. The van der Waals surface area contributed by atoms with E-state index in [0.29, 0.717) is 13.0 Å². The fourth-order valence-electron chi connectivity index (χ4n) is 3.55. The summed E-state index contributed by atoms with van der Waals surface area (Å²) < 4.78 is 6.47. The molecule has 0 atom stereocenters. The number of carbonyl (C=O) groups excluding carboxylic acids is 1. The molecule has 0 saturated carbocycles. The molecule has 1 N–H and O–H groups in total. The molecule has 1 aromatic heterocycles. The molecule has 9 heteroatoms. The Morgan fingerprint density at radius 2 is 1.97 bits per heavy atom. The highest BCUT2D eigenvalue weighted by molar-refractivity contribution is 7.99. The summed E-state index contributed by atoms with van der Waals surface area (Å²) in [6.45, 7) is 5.40. The summed E-state index contributed by atoms with van der Waals surface area (Å²) in [6.07, 6.45) is 0.517. The van der Waals surface area contributed by atoms with E-state index in [4.69, 9.17) is 21.3 Å². The van der Waals surface area contributed by atoms with E-state index in [1.54, 1.807) is 30.2 Å². The zero-order chi connectivity index (χ0) is 22.3. The lowest BCUT2D eigenvalue weighted by atomic mass is 10.3. The van der Waals surface area contributed by atoms with Gasteiger partial charge in [0.1, 0.15) is 5.75 Å². The van der Waals surface area contributed by atoms with Crippen LogP contribution < -0.4 is 15.0 Å². The number of hydrogen-bond acceptors (Lipinski definition) is 7. The highest BCUT2D eigenvalue weighted by Crippen LogP contribution is 2.31. The van der Waals surface area contributed by atoms with Gasteiger partial charge in [-0.15, -0.1) is 11.8 Å². The Morgan fingerprint density at radius 1 is 1.19 bits per heavy atom. The number of nitrogens with one attached hydrogen (secondary N) is 1. The lowest BCUT2D eigenvalue weighted by Crippen LogP contribution is -2.48. The Hall–Kier alpha value is -2.00. The lowest BCUT2D eigenvalue weighted by Gasteiger charge is -2.34. The molecule has 6 nitrogen and oxygen atoms in total. The largest absolute Gasteiger partial charge is 0.497 e. The summed E-state index contributed by atoms with van der Waals surface area (Å²) in [7, 11) is 1.69. The van der Waals surface area contributed by atoms with Crippen molar-refractivity contribution in [3.63, 3.8) is 0 Å². The summed E-state index contributed by atoms with van der Waals surface area (Å²) in [6, 6.07) is 13.7. The summed E-state index contributed by atoms with van der Waals surface area (Å²) in [5.74, 6) is 1.73. The number of nitrogens with zero attached hydrogens (tertiary/aromatic N) is 3. The molecule has 0 radical (unpaired) electrons. The van der Waals surface area contributed by atoms with E-state index in [9.17, 15) is 4.79 Å². The molecular weight excluding hydrogens is 464 g/mol. The first-order valence-corrected chi connectivity index (χ1v) is 12.9. The average Bonchev–Trinajstić information content (AvgIpc) is 3.24. The monoisotopic (exact) mass is 490 g/mol. The van der Waals surface area contributed by atoms with Gasteiger partial charge in [0, 0.05) is 61.4 Å². The Balaban J connectivity index is 1.14. The highest BCUT2D eigenvalue weighted by atomic mass is 35.5. The van der Waals surface area contributed by atoms with Crippen LogP contribution in [0.2, 0.25) is 5.02 Å². The van der Waals surface area contributed by atoms with Crippen LogP contribution in [0.4, 0.5) is 5.13 Å². The minimum Gasteiger partial charge on any atom is -0.497 e. The quantitative estimate of drug-likeness (QED) is 0.449. The van der Waals surface area contributed by atoms with Crippen LogP contribution in [-0.4, -0.2) is 67.9 Å². The van der Waals surface area contributed by atoms with Gasteiger partial charge in [0.25, 0.3) is 0 Å². The third kappa shape index (κ3) is 6.28. The number of aromatic nitrogens is 1. The van der Waals surface area contributed by atoms with Gasteiger partial charge in [-0.2, -0.15) is 0 Å². The number of hydrogen-bond donors (Lipinski definition) is 1. The van der Waals surface area contributed by atoms with Crippen molar-refractivity contribution >= 4 is 56.0 Å². The van der Waals surface area contributed by atoms with Crippen molar-refractivity contribution in [3.8, 4) is 5.75 Å². The Morgan fingerprint density at radius 3 is 2.72 bits per heavy atom. The third-order valence-electron chi connectivity index (χ3n) is 5.39. The van der Waals surface area contributed by atoms with Crippen molar-refractivity contribution in [2.24, 2.45) is 0 Å². The SMILES string of the molecule is COc1ccc2nc(N3CCN(CCNC(=O)CCSc4ccc(Cl)cc4)CC3)sc2c1. The fourth-order valence-corrected chi connectivity index (χ4v) is 5.58. The van der Waals surface area contributed by atoms with E-state index in [-0.39, 0.29) is 5.91 Å². The molecule has 4 rings (SSSR count). The van der Waals surface area contributed by atoms with Gasteiger partial charge in [0.2, 0.25) is 5.91 Å². The second kappa shape index (κ2) is 11.2. The summed E-state index contributed by atoms with van der Waals surface area (Å²) in [5.41, 5.74) is 1.02. The summed E-state index contributed by atoms with van der Waals surface area (Å²) in [4.78, 5) is 22.8. The maximum absolute atomic E-state index is 12.1. The minimum atomic E-state index is 0.106. The van der Waals surface area contributed by atoms with Crippen molar-refractivity contribution in [1.29, 1.82) is 0 Å². The number of thioether (sulfide) groups is 1. The van der Waals surface area contributed by atoms with E-state index in [0.717, 1.165) is 69.5 Å². The first-order chi connectivity index (χ1) is 15.6. The third-order valence-corrected chi connectivity index (χ3v) is 7.73. The first kappa shape index (κ1) is 23.2. The van der Waals surface area contributed by atoms with Gasteiger partial charge < -0.3 is 15.0 Å². The van der Waals surface area contributed by atoms with Gasteiger partial charge in [0.15, 0.2) is 5.13 Å². The second-order valence-corrected chi connectivity index (χ2v) is 10.2. The van der Waals surface area contributed by atoms with Crippen molar-refractivity contribution < 1.29 is 9.53 Å². The zero-order valence-corrected chi connectivity index (χ0v) is 20.4. The number of fused-ring (bicyclic) bond motifs is 1. The number of rotatable bonds is 9. The maximum atomic E-state index is 12.1. The van der Waals surface area contributed by atoms with Crippen LogP contribution in [0.5, 0.6) is 5.75 Å². The molecule has 1 aliphatic rings. The Labute approximate surface area is 201 Å². The average molecular weight is 491 g/mol.